The van der Waals surface area contributed by atoms with Crippen molar-refractivity contribution < 1.29 is 14.0 Å². The molecule has 2 heterocycles. The van der Waals surface area contributed by atoms with Crippen LogP contribution in [-0.4, -0.2) is 47.8 Å². The molecule has 0 N–H and O–H groups in total. The fraction of sp³-hybridized carbons (Fsp3) is 0.579. The highest BCUT2D eigenvalue weighted by molar-refractivity contribution is 5.82. The lowest BCUT2D eigenvalue weighted by atomic mass is 10.0. The average Bonchev–Trinajstić information content (AvgIpc) is 3.11. The third kappa shape index (κ3) is 3.94. The van der Waals surface area contributed by atoms with Gasteiger partial charge in [-0.1, -0.05) is 18.2 Å². The Morgan fingerprint density at radius 2 is 1.79 bits per heavy atom. The largest absolute Gasteiger partial charge is 0.342 e. The topological polar surface area (TPSA) is 40.6 Å². The third-order valence-electron chi connectivity index (χ3n) is 5.12. The van der Waals surface area contributed by atoms with Gasteiger partial charge in [-0.2, -0.15) is 0 Å². The van der Waals surface area contributed by atoms with Crippen molar-refractivity contribution in [1.29, 1.82) is 0 Å². The number of benzene rings is 1. The lowest BCUT2D eigenvalue weighted by Gasteiger charge is -2.29. The first-order valence-electron chi connectivity index (χ1n) is 8.95. The number of hydrogen-bond acceptors (Lipinski definition) is 2. The minimum atomic E-state index is -0.259. The van der Waals surface area contributed by atoms with Crippen molar-refractivity contribution in [2.24, 2.45) is 5.92 Å². The summed E-state index contributed by atoms with van der Waals surface area (Å²) in [7, 11) is 0. The van der Waals surface area contributed by atoms with Crippen LogP contribution in [0.15, 0.2) is 24.3 Å². The van der Waals surface area contributed by atoms with Crippen molar-refractivity contribution in [3.05, 3.63) is 35.6 Å². The van der Waals surface area contributed by atoms with E-state index in [1.165, 1.54) is 12.5 Å². The Kier molecular flexibility index (Phi) is 5.48. The molecule has 0 radical (unpaired) electrons. The lowest BCUT2D eigenvalue weighted by molar-refractivity contribution is -0.136. The molecule has 0 aliphatic carbocycles. The summed E-state index contributed by atoms with van der Waals surface area (Å²) in [6.07, 6.45) is 4.83. The van der Waals surface area contributed by atoms with E-state index >= 15 is 0 Å². The maximum atomic E-state index is 13.6. The number of amides is 2. The van der Waals surface area contributed by atoms with Crippen molar-refractivity contribution in [3.63, 3.8) is 0 Å². The van der Waals surface area contributed by atoms with Crippen molar-refractivity contribution >= 4 is 11.8 Å². The van der Waals surface area contributed by atoms with E-state index in [-0.39, 0.29) is 23.5 Å². The first-order valence-corrected chi connectivity index (χ1v) is 8.95. The van der Waals surface area contributed by atoms with Crippen LogP contribution in [0.1, 0.15) is 37.7 Å². The number of hydrogen-bond donors (Lipinski definition) is 0. The Bertz CT molecular complexity index is 599. The molecule has 0 aromatic heterocycles. The maximum Gasteiger partial charge on any atom is 0.227 e. The van der Waals surface area contributed by atoms with E-state index < -0.39 is 0 Å². The fourth-order valence-corrected chi connectivity index (χ4v) is 3.66. The normalized spacial score (nSPS) is 21.1. The molecule has 1 aromatic carbocycles. The molecular formula is C19H25FN2O2. The zero-order valence-electron chi connectivity index (χ0n) is 14.0. The molecule has 0 saturated carbocycles. The van der Waals surface area contributed by atoms with Crippen LogP contribution in [0.25, 0.3) is 0 Å². The molecule has 5 heteroatoms. The van der Waals surface area contributed by atoms with Crippen LogP contribution in [0.3, 0.4) is 0 Å². The zero-order chi connectivity index (χ0) is 16.9. The number of rotatable bonds is 4. The van der Waals surface area contributed by atoms with Gasteiger partial charge in [0.25, 0.3) is 0 Å². The predicted molar refractivity (Wildman–Crippen MR) is 89.8 cm³/mol. The molecule has 2 fully saturated rings. The van der Waals surface area contributed by atoms with Gasteiger partial charge in [-0.15, -0.1) is 0 Å². The van der Waals surface area contributed by atoms with Gasteiger partial charge in [-0.25, -0.2) is 4.39 Å². The summed E-state index contributed by atoms with van der Waals surface area (Å²) < 4.78 is 13.6. The van der Waals surface area contributed by atoms with Crippen molar-refractivity contribution in [2.75, 3.05) is 26.2 Å². The molecular weight excluding hydrogens is 307 g/mol. The SMILES string of the molecule is O=C(CCc1ccccc1F)N1CC[C@@H](C(=O)N2CCCCC2)C1. The molecule has 4 nitrogen and oxygen atoms in total. The first-order chi connectivity index (χ1) is 11.6. The summed E-state index contributed by atoms with van der Waals surface area (Å²) >= 11 is 0. The zero-order valence-corrected chi connectivity index (χ0v) is 14.0. The summed E-state index contributed by atoms with van der Waals surface area (Å²) in [6.45, 7) is 2.87. The smallest absolute Gasteiger partial charge is 0.227 e. The van der Waals surface area contributed by atoms with Crippen LogP contribution in [0, 0.1) is 11.7 Å². The number of piperidine rings is 1. The van der Waals surface area contributed by atoms with E-state index in [9.17, 15) is 14.0 Å². The average molecular weight is 332 g/mol. The van der Waals surface area contributed by atoms with Crippen molar-refractivity contribution in [1.82, 2.24) is 9.80 Å². The molecule has 2 aliphatic heterocycles. The number of aryl methyl sites for hydroxylation is 1. The van der Waals surface area contributed by atoms with E-state index in [2.05, 4.69) is 0 Å². The van der Waals surface area contributed by atoms with Gasteiger partial charge < -0.3 is 9.80 Å². The van der Waals surface area contributed by atoms with E-state index in [4.69, 9.17) is 0 Å². The minimum absolute atomic E-state index is 0.0206. The lowest BCUT2D eigenvalue weighted by Crippen LogP contribution is -2.41. The highest BCUT2D eigenvalue weighted by Crippen LogP contribution is 2.22. The van der Waals surface area contributed by atoms with Gasteiger partial charge >= 0.3 is 0 Å². The van der Waals surface area contributed by atoms with Crippen molar-refractivity contribution in [2.45, 2.75) is 38.5 Å². The summed E-state index contributed by atoms with van der Waals surface area (Å²) in [5.74, 6) is -0.0864. The van der Waals surface area contributed by atoms with Gasteiger partial charge in [-0.3, -0.25) is 9.59 Å². The Morgan fingerprint density at radius 3 is 2.54 bits per heavy atom. The molecule has 2 aliphatic rings. The molecule has 1 atom stereocenters. The van der Waals surface area contributed by atoms with Crippen LogP contribution >= 0.6 is 0 Å². The number of nitrogens with zero attached hydrogens (tertiary/aromatic N) is 2. The second-order valence-electron chi connectivity index (χ2n) is 6.80. The second-order valence-corrected chi connectivity index (χ2v) is 6.80. The fourth-order valence-electron chi connectivity index (χ4n) is 3.66. The number of halogens is 1. The minimum Gasteiger partial charge on any atom is -0.342 e. The number of carbonyl (C=O) groups is 2. The van der Waals surface area contributed by atoms with Gasteiger partial charge in [0, 0.05) is 32.6 Å². The molecule has 24 heavy (non-hydrogen) atoms. The predicted octanol–water partition coefficient (Wildman–Crippen LogP) is 2.62. The Morgan fingerprint density at radius 1 is 1.04 bits per heavy atom. The highest BCUT2D eigenvalue weighted by Gasteiger charge is 2.33. The number of carbonyl (C=O) groups excluding carboxylic acids is 2. The van der Waals surface area contributed by atoms with E-state index in [0.29, 0.717) is 31.5 Å². The molecule has 2 saturated heterocycles. The van der Waals surface area contributed by atoms with E-state index in [0.717, 1.165) is 32.4 Å². The van der Waals surface area contributed by atoms with Crippen LogP contribution in [0.5, 0.6) is 0 Å². The monoisotopic (exact) mass is 332 g/mol. The molecule has 0 bridgehead atoms. The molecule has 3 rings (SSSR count). The van der Waals surface area contributed by atoms with Crippen LogP contribution in [-0.2, 0) is 16.0 Å². The van der Waals surface area contributed by atoms with E-state index in [1.807, 2.05) is 4.90 Å². The molecule has 1 aromatic rings. The van der Waals surface area contributed by atoms with Gasteiger partial charge in [0.05, 0.1) is 5.92 Å². The number of likely N-dealkylation sites (tertiary alicyclic amines) is 2. The Labute approximate surface area is 142 Å². The summed E-state index contributed by atoms with van der Waals surface area (Å²) in [5.41, 5.74) is 0.575. The summed E-state index contributed by atoms with van der Waals surface area (Å²) in [6, 6.07) is 6.57. The van der Waals surface area contributed by atoms with Crippen molar-refractivity contribution in [3.8, 4) is 0 Å². The highest BCUT2D eigenvalue weighted by atomic mass is 19.1. The maximum absolute atomic E-state index is 13.6. The van der Waals surface area contributed by atoms with Gasteiger partial charge in [0.2, 0.25) is 11.8 Å². The van der Waals surface area contributed by atoms with Gasteiger partial charge in [-0.05, 0) is 43.7 Å². The molecule has 130 valence electrons. The van der Waals surface area contributed by atoms with Gasteiger partial charge in [0.1, 0.15) is 5.82 Å². The molecule has 0 unspecified atom stereocenters. The quantitative estimate of drug-likeness (QED) is 0.850. The Hall–Kier alpha value is -1.91. The third-order valence-corrected chi connectivity index (χ3v) is 5.12. The molecule has 2 amide bonds. The first kappa shape index (κ1) is 16.9. The summed E-state index contributed by atoms with van der Waals surface area (Å²) in [5, 5.41) is 0. The van der Waals surface area contributed by atoms with Crippen LogP contribution in [0.2, 0.25) is 0 Å². The van der Waals surface area contributed by atoms with Crippen LogP contribution < -0.4 is 0 Å². The van der Waals surface area contributed by atoms with Crippen LogP contribution in [0.4, 0.5) is 4.39 Å². The molecule has 0 spiro atoms. The second kappa shape index (κ2) is 7.77. The Balaban J connectivity index is 1.48. The standard InChI is InChI=1S/C19H25FN2O2/c20-17-7-3-2-6-15(17)8-9-18(23)22-13-10-16(14-22)19(24)21-11-4-1-5-12-21/h2-3,6-7,16H,1,4-5,8-14H2/t16-/m1/s1. The summed E-state index contributed by atoms with van der Waals surface area (Å²) in [4.78, 5) is 28.6. The van der Waals surface area contributed by atoms with Gasteiger partial charge in [0.15, 0.2) is 0 Å². The van der Waals surface area contributed by atoms with E-state index in [1.54, 1.807) is 23.1 Å².